The molecular formula is C15H15ClN2O3. The molecule has 1 aliphatic heterocycles. The van der Waals surface area contributed by atoms with Gasteiger partial charge in [0, 0.05) is 12.1 Å². The Morgan fingerprint density at radius 3 is 2.95 bits per heavy atom. The number of nitrogens with zero attached hydrogens (tertiary/aromatic N) is 2. The molecule has 0 radical (unpaired) electrons. The summed E-state index contributed by atoms with van der Waals surface area (Å²) in [5, 5.41) is 4.86. The molecule has 6 heteroatoms. The highest BCUT2D eigenvalue weighted by molar-refractivity contribution is 6.31. The van der Waals surface area contributed by atoms with Gasteiger partial charge in [0.25, 0.3) is 0 Å². The Balaban J connectivity index is 2.04. The highest BCUT2D eigenvalue weighted by atomic mass is 35.5. The van der Waals surface area contributed by atoms with Crippen LogP contribution in [0.2, 0.25) is 5.02 Å². The van der Waals surface area contributed by atoms with Crippen molar-refractivity contribution in [2.24, 2.45) is 7.05 Å². The van der Waals surface area contributed by atoms with Gasteiger partial charge in [-0.05, 0) is 25.1 Å². The molecule has 0 spiro atoms. The summed E-state index contributed by atoms with van der Waals surface area (Å²) in [5.74, 6) is 1.17. The predicted octanol–water partition coefficient (Wildman–Crippen LogP) is 3.10. The lowest BCUT2D eigenvalue weighted by Gasteiger charge is -2.25. The molecule has 2 heterocycles. The molecule has 0 N–H and O–H groups in total. The van der Waals surface area contributed by atoms with Gasteiger partial charge >= 0.3 is 0 Å². The molecule has 0 saturated carbocycles. The Bertz CT molecular complexity index is 724. The van der Waals surface area contributed by atoms with E-state index in [1.807, 2.05) is 6.92 Å². The third-order valence-corrected chi connectivity index (χ3v) is 3.85. The maximum Gasteiger partial charge on any atom is 0.218 e. The van der Waals surface area contributed by atoms with Crippen molar-refractivity contribution in [3.8, 4) is 11.6 Å². The highest BCUT2D eigenvalue weighted by Gasteiger charge is 2.32. The maximum absolute atomic E-state index is 12.3. The Hall–Kier alpha value is -2.01. The van der Waals surface area contributed by atoms with Crippen molar-refractivity contribution in [2.45, 2.75) is 19.4 Å². The Labute approximate surface area is 127 Å². The van der Waals surface area contributed by atoms with Crippen molar-refractivity contribution in [3.05, 3.63) is 40.0 Å². The average Bonchev–Trinajstić information content (AvgIpc) is 2.73. The lowest BCUT2D eigenvalue weighted by Crippen LogP contribution is -2.21. The number of ether oxygens (including phenoxy) is 2. The molecule has 3 rings (SSSR count). The summed E-state index contributed by atoms with van der Waals surface area (Å²) < 4.78 is 13.0. The lowest BCUT2D eigenvalue weighted by molar-refractivity contribution is 0.0846. The zero-order chi connectivity index (χ0) is 15.1. The lowest BCUT2D eigenvalue weighted by atomic mass is 9.96. The number of halogens is 1. The minimum Gasteiger partial charge on any atom is -0.484 e. The molecule has 0 fully saturated rings. The fraction of sp³-hybridized carbons (Fsp3) is 0.333. The molecule has 0 amide bonds. The van der Waals surface area contributed by atoms with Crippen LogP contribution < -0.4 is 9.47 Å². The van der Waals surface area contributed by atoms with Crippen LogP contribution in [0.5, 0.6) is 11.6 Å². The smallest absolute Gasteiger partial charge is 0.218 e. The quantitative estimate of drug-likeness (QED) is 0.855. The number of methoxy groups -OCH3 is 1. The number of fused-ring (bicyclic) bond motifs is 1. The van der Waals surface area contributed by atoms with E-state index in [2.05, 4.69) is 5.10 Å². The van der Waals surface area contributed by atoms with E-state index >= 15 is 0 Å². The van der Waals surface area contributed by atoms with Gasteiger partial charge in [0.1, 0.15) is 11.9 Å². The maximum atomic E-state index is 12.3. The fourth-order valence-corrected chi connectivity index (χ4v) is 2.90. The van der Waals surface area contributed by atoms with Gasteiger partial charge in [-0.15, -0.1) is 0 Å². The molecule has 0 saturated heterocycles. The van der Waals surface area contributed by atoms with Crippen LogP contribution in [0.3, 0.4) is 0 Å². The van der Waals surface area contributed by atoms with Gasteiger partial charge in [0.15, 0.2) is 5.78 Å². The van der Waals surface area contributed by atoms with Gasteiger partial charge < -0.3 is 9.47 Å². The third-order valence-electron chi connectivity index (χ3n) is 3.61. The summed E-state index contributed by atoms with van der Waals surface area (Å²) in [6.45, 7) is 1.88. The van der Waals surface area contributed by atoms with Crippen LogP contribution in [0.25, 0.3) is 0 Å². The van der Waals surface area contributed by atoms with E-state index in [9.17, 15) is 4.79 Å². The Morgan fingerprint density at radius 2 is 2.24 bits per heavy atom. The summed E-state index contributed by atoms with van der Waals surface area (Å²) in [5.41, 5.74) is 2.14. The first kappa shape index (κ1) is 13.9. The number of carbonyl (C=O) groups is 1. The topological polar surface area (TPSA) is 53.4 Å². The van der Waals surface area contributed by atoms with Crippen molar-refractivity contribution in [3.63, 3.8) is 0 Å². The number of Topliss-reactive ketones (excluding diaryl/α,β-unsaturated/α-hetero) is 1. The van der Waals surface area contributed by atoms with Gasteiger partial charge in [0.05, 0.1) is 30.4 Å². The zero-order valence-electron chi connectivity index (χ0n) is 12.0. The first-order chi connectivity index (χ1) is 10.0. The van der Waals surface area contributed by atoms with E-state index in [0.717, 1.165) is 11.3 Å². The first-order valence-corrected chi connectivity index (χ1v) is 6.96. The predicted molar refractivity (Wildman–Crippen MR) is 78.3 cm³/mol. The van der Waals surface area contributed by atoms with Crippen molar-refractivity contribution in [1.82, 2.24) is 9.78 Å². The molecule has 1 unspecified atom stereocenters. The molecular weight excluding hydrogens is 292 g/mol. The summed E-state index contributed by atoms with van der Waals surface area (Å²) in [7, 11) is 3.38. The van der Waals surface area contributed by atoms with Gasteiger partial charge in [0.2, 0.25) is 5.88 Å². The van der Waals surface area contributed by atoms with Gasteiger partial charge in [-0.3, -0.25) is 4.79 Å². The first-order valence-electron chi connectivity index (χ1n) is 6.58. The van der Waals surface area contributed by atoms with Crippen molar-refractivity contribution in [1.29, 1.82) is 0 Å². The minimum absolute atomic E-state index is 0.00839. The standard InChI is InChI=1S/C15H15ClN2O3/c1-8-14(15(20-3)18(2)17-8)13-7-11(19)10-6-9(16)4-5-12(10)21-13/h4-6,13H,7H2,1-3H3. The van der Waals surface area contributed by atoms with Gasteiger partial charge in [-0.2, -0.15) is 5.10 Å². The van der Waals surface area contributed by atoms with Crippen LogP contribution >= 0.6 is 11.6 Å². The number of aryl methyl sites for hydroxylation is 2. The fourth-order valence-electron chi connectivity index (χ4n) is 2.72. The van der Waals surface area contributed by atoms with E-state index in [0.29, 0.717) is 22.2 Å². The average molecular weight is 307 g/mol. The molecule has 0 bridgehead atoms. The molecule has 1 aromatic heterocycles. The van der Waals surface area contributed by atoms with Crippen LogP contribution in [-0.2, 0) is 7.05 Å². The molecule has 1 aromatic carbocycles. The number of carbonyl (C=O) groups excluding carboxylic acids is 1. The number of rotatable bonds is 2. The van der Waals surface area contributed by atoms with Crippen molar-refractivity contribution >= 4 is 17.4 Å². The number of aromatic nitrogens is 2. The van der Waals surface area contributed by atoms with E-state index in [-0.39, 0.29) is 12.2 Å². The molecule has 0 aliphatic carbocycles. The monoisotopic (exact) mass is 306 g/mol. The number of benzene rings is 1. The zero-order valence-corrected chi connectivity index (χ0v) is 12.8. The molecule has 5 nitrogen and oxygen atoms in total. The summed E-state index contributed by atoms with van der Waals surface area (Å²) >= 11 is 5.93. The number of hydrogen-bond donors (Lipinski definition) is 0. The summed E-state index contributed by atoms with van der Waals surface area (Å²) in [4.78, 5) is 12.3. The molecule has 2 aromatic rings. The van der Waals surface area contributed by atoms with E-state index in [1.54, 1.807) is 37.0 Å². The van der Waals surface area contributed by atoms with E-state index in [1.165, 1.54) is 0 Å². The SMILES string of the molecule is COc1c(C2CC(=O)c3cc(Cl)ccc3O2)c(C)nn1C. The van der Waals surface area contributed by atoms with Crippen LogP contribution in [0, 0.1) is 6.92 Å². The molecule has 1 atom stereocenters. The largest absolute Gasteiger partial charge is 0.484 e. The second-order valence-electron chi connectivity index (χ2n) is 5.01. The number of ketones is 1. The van der Waals surface area contributed by atoms with Crippen LogP contribution in [0.1, 0.15) is 34.1 Å². The molecule has 21 heavy (non-hydrogen) atoms. The Kier molecular flexibility index (Phi) is 3.37. The number of hydrogen-bond acceptors (Lipinski definition) is 4. The van der Waals surface area contributed by atoms with Crippen LogP contribution in [-0.4, -0.2) is 22.7 Å². The Morgan fingerprint density at radius 1 is 1.48 bits per heavy atom. The van der Waals surface area contributed by atoms with Gasteiger partial charge in [-0.1, -0.05) is 11.6 Å². The second-order valence-corrected chi connectivity index (χ2v) is 5.44. The molecule has 1 aliphatic rings. The van der Waals surface area contributed by atoms with Gasteiger partial charge in [-0.25, -0.2) is 4.68 Å². The van der Waals surface area contributed by atoms with E-state index < -0.39 is 6.10 Å². The summed E-state index contributed by atoms with van der Waals surface area (Å²) in [6, 6.07) is 5.08. The third kappa shape index (κ3) is 2.27. The second kappa shape index (κ2) is 5.07. The minimum atomic E-state index is -0.394. The highest BCUT2D eigenvalue weighted by Crippen LogP contribution is 2.40. The van der Waals surface area contributed by atoms with Crippen LogP contribution in [0.15, 0.2) is 18.2 Å². The van der Waals surface area contributed by atoms with Crippen molar-refractivity contribution < 1.29 is 14.3 Å². The van der Waals surface area contributed by atoms with Crippen molar-refractivity contribution in [2.75, 3.05) is 7.11 Å². The van der Waals surface area contributed by atoms with E-state index in [4.69, 9.17) is 21.1 Å². The normalized spacial score (nSPS) is 17.3. The molecule has 110 valence electrons. The van der Waals surface area contributed by atoms with Crippen LogP contribution in [0.4, 0.5) is 0 Å². The summed E-state index contributed by atoms with van der Waals surface area (Å²) in [6.07, 6.45) is -0.147.